The number of sulfonamides is 1. The van der Waals surface area contributed by atoms with Gasteiger partial charge in [-0.25, -0.2) is 8.42 Å². The van der Waals surface area contributed by atoms with Gasteiger partial charge in [0.2, 0.25) is 10.0 Å². The maximum absolute atomic E-state index is 12.7. The number of rotatable bonds is 9. The molecule has 0 amide bonds. The Morgan fingerprint density at radius 2 is 1.95 bits per heavy atom. The maximum atomic E-state index is 12.7. The lowest BCUT2D eigenvalue weighted by molar-refractivity contribution is 0.251. The molecule has 1 aromatic carbocycles. The van der Waals surface area contributed by atoms with Crippen LogP contribution in [0, 0.1) is 0 Å². The molecule has 0 spiro atoms. The number of hydrogen-bond acceptors (Lipinski definition) is 4. The van der Waals surface area contributed by atoms with Crippen LogP contribution in [0.1, 0.15) is 32.6 Å². The smallest absolute Gasteiger partial charge is 0.246 e. The van der Waals surface area contributed by atoms with Crippen molar-refractivity contribution in [3.63, 3.8) is 0 Å². The first-order valence-electron chi connectivity index (χ1n) is 7.10. The highest BCUT2D eigenvalue weighted by Gasteiger charge is 2.28. The van der Waals surface area contributed by atoms with Crippen LogP contribution in [0.2, 0.25) is 5.02 Å². The molecular formula is C14H23ClN2O3S. The minimum atomic E-state index is -3.80. The average Bonchev–Trinajstić information content (AvgIpc) is 2.41. The summed E-state index contributed by atoms with van der Waals surface area (Å²) >= 11 is 5.99. The summed E-state index contributed by atoms with van der Waals surface area (Å²) in [6, 6.07) is 4.61. The van der Waals surface area contributed by atoms with E-state index in [1.165, 1.54) is 16.4 Å². The van der Waals surface area contributed by atoms with Crippen LogP contribution in [0.3, 0.4) is 0 Å². The summed E-state index contributed by atoms with van der Waals surface area (Å²) in [5, 5.41) is 9.22. The Balaban J connectivity index is 2.99. The molecule has 5 nitrogen and oxygen atoms in total. The SMILES string of the molecule is CCCCCCN(CCO)S(=O)(=O)c1c(N)cccc1Cl. The molecule has 0 heterocycles. The van der Waals surface area contributed by atoms with Crippen LogP contribution in [-0.4, -0.2) is 37.5 Å². The van der Waals surface area contributed by atoms with E-state index in [0.717, 1.165) is 25.7 Å². The molecule has 3 N–H and O–H groups in total. The molecule has 0 saturated heterocycles. The molecule has 7 heteroatoms. The predicted molar refractivity (Wildman–Crippen MR) is 85.9 cm³/mol. The molecule has 0 atom stereocenters. The highest BCUT2D eigenvalue weighted by Crippen LogP contribution is 2.30. The fourth-order valence-corrected chi connectivity index (χ4v) is 4.21. The van der Waals surface area contributed by atoms with E-state index in [9.17, 15) is 8.42 Å². The van der Waals surface area contributed by atoms with Gasteiger partial charge in [0.1, 0.15) is 4.90 Å². The van der Waals surface area contributed by atoms with E-state index in [0.29, 0.717) is 6.54 Å². The lowest BCUT2D eigenvalue weighted by Crippen LogP contribution is -2.35. The summed E-state index contributed by atoms with van der Waals surface area (Å²) in [5.74, 6) is 0. The third-order valence-corrected chi connectivity index (χ3v) is 5.65. The van der Waals surface area contributed by atoms with Gasteiger partial charge in [0.05, 0.1) is 17.3 Å². The summed E-state index contributed by atoms with van der Waals surface area (Å²) in [6.45, 7) is 2.25. The number of aliphatic hydroxyl groups excluding tert-OH is 1. The highest BCUT2D eigenvalue weighted by atomic mass is 35.5. The van der Waals surface area contributed by atoms with Crippen molar-refractivity contribution >= 4 is 27.3 Å². The predicted octanol–water partition coefficient (Wildman–Crippen LogP) is 2.49. The first-order chi connectivity index (χ1) is 9.95. The quantitative estimate of drug-likeness (QED) is 0.537. The van der Waals surface area contributed by atoms with Crippen molar-refractivity contribution in [2.24, 2.45) is 0 Å². The number of hydrogen-bond donors (Lipinski definition) is 2. The van der Waals surface area contributed by atoms with Gasteiger partial charge in [-0.3, -0.25) is 0 Å². The molecule has 0 aliphatic heterocycles. The van der Waals surface area contributed by atoms with E-state index in [1.54, 1.807) is 6.07 Å². The highest BCUT2D eigenvalue weighted by molar-refractivity contribution is 7.89. The Labute approximate surface area is 131 Å². The number of unbranched alkanes of at least 4 members (excludes halogenated alkanes) is 3. The standard InChI is InChI=1S/C14H23ClN2O3S/c1-2-3-4-5-9-17(10-11-18)21(19,20)14-12(15)7-6-8-13(14)16/h6-8,18H,2-5,9-11,16H2,1H3. The third-order valence-electron chi connectivity index (χ3n) is 3.21. The molecule has 1 aromatic rings. The van der Waals surface area contributed by atoms with Gasteiger partial charge in [-0.15, -0.1) is 0 Å². The van der Waals surface area contributed by atoms with Crippen molar-refractivity contribution in [2.45, 2.75) is 37.5 Å². The van der Waals surface area contributed by atoms with Crippen molar-refractivity contribution in [1.82, 2.24) is 4.31 Å². The number of anilines is 1. The van der Waals surface area contributed by atoms with Gasteiger partial charge in [-0.1, -0.05) is 43.9 Å². The number of nitrogen functional groups attached to an aromatic ring is 1. The fraction of sp³-hybridized carbons (Fsp3) is 0.571. The topological polar surface area (TPSA) is 83.6 Å². The molecule has 0 unspecified atom stereocenters. The maximum Gasteiger partial charge on any atom is 0.246 e. The zero-order valence-corrected chi connectivity index (χ0v) is 13.8. The summed E-state index contributed by atoms with van der Waals surface area (Å²) in [7, 11) is -3.80. The number of halogens is 1. The molecule has 0 fully saturated rings. The molecule has 0 saturated carbocycles. The molecule has 21 heavy (non-hydrogen) atoms. The van der Waals surface area contributed by atoms with Crippen LogP contribution in [0.15, 0.2) is 23.1 Å². The first-order valence-corrected chi connectivity index (χ1v) is 8.92. The van der Waals surface area contributed by atoms with Crippen LogP contribution in [0.4, 0.5) is 5.69 Å². The van der Waals surface area contributed by atoms with E-state index in [1.807, 2.05) is 0 Å². The van der Waals surface area contributed by atoms with E-state index in [2.05, 4.69) is 6.92 Å². The molecule has 0 radical (unpaired) electrons. The summed E-state index contributed by atoms with van der Waals surface area (Å²) in [4.78, 5) is -0.0735. The lowest BCUT2D eigenvalue weighted by Gasteiger charge is -2.22. The van der Waals surface area contributed by atoms with Crippen molar-refractivity contribution in [1.29, 1.82) is 0 Å². The van der Waals surface area contributed by atoms with E-state index >= 15 is 0 Å². The third kappa shape index (κ3) is 4.85. The van der Waals surface area contributed by atoms with Crippen molar-refractivity contribution in [2.75, 3.05) is 25.4 Å². The molecular weight excluding hydrogens is 312 g/mol. The zero-order valence-electron chi connectivity index (χ0n) is 12.3. The Morgan fingerprint density at radius 3 is 2.52 bits per heavy atom. The molecule has 0 aliphatic rings. The Hall–Kier alpha value is -0.820. The largest absolute Gasteiger partial charge is 0.398 e. The van der Waals surface area contributed by atoms with Gasteiger partial charge >= 0.3 is 0 Å². The van der Waals surface area contributed by atoms with Crippen LogP contribution in [0.25, 0.3) is 0 Å². The molecule has 0 bridgehead atoms. The Bertz CT molecular complexity index is 529. The van der Waals surface area contributed by atoms with Gasteiger partial charge in [0.15, 0.2) is 0 Å². The van der Waals surface area contributed by atoms with Crippen molar-refractivity contribution in [3.8, 4) is 0 Å². The second-order valence-corrected chi connectivity index (χ2v) is 7.13. The first kappa shape index (κ1) is 18.2. The van der Waals surface area contributed by atoms with E-state index in [-0.39, 0.29) is 28.8 Å². The minimum absolute atomic E-state index is 0.0408. The normalized spacial score (nSPS) is 12.0. The average molecular weight is 335 g/mol. The lowest BCUT2D eigenvalue weighted by atomic mass is 10.2. The van der Waals surface area contributed by atoms with Gasteiger partial charge < -0.3 is 10.8 Å². The van der Waals surface area contributed by atoms with Crippen LogP contribution in [-0.2, 0) is 10.0 Å². The molecule has 0 aliphatic carbocycles. The van der Waals surface area contributed by atoms with Gasteiger partial charge in [-0.2, -0.15) is 4.31 Å². The number of benzene rings is 1. The number of nitrogens with zero attached hydrogens (tertiary/aromatic N) is 1. The van der Waals surface area contributed by atoms with E-state index in [4.69, 9.17) is 22.4 Å². The number of aliphatic hydroxyl groups is 1. The summed E-state index contributed by atoms with van der Waals surface area (Å²) in [6.07, 6.45) is 3.83. The molecule has 0 aromatic heterocycles. The second-order valence-electron chi connectivity index (χ2n) is 4.85. The van der Waals surface area contributed by atoms with Crippen LogP contribution in [0.5, 0.6) is 0 Å². The molecule has 1 rings (SSSR count). The fourth-order valence-electron chi connectivity index (χ4n) is 2.11. The second kappa shape index (κ2) is 8.58. The Kier molecular flexibility index (Phi) is 7.45. The van der Waals surface area contributed by atoms with Gasteiger partial charge in [0, 0.05) is 13.1 Å². The van der Waals surface area contributed by atoms with Crippen LogP contribution < -0.4 is 5.73 Å². The summed E-state index contributed by atoms with van der Waals surface area (Å²) in [5.41, 5.74) is 5.89. The monoisotopic (exact) mass is 334 g/mol. The minimum Gasteiger partial charge on any atom is -0.398 e. The van der Waals surface area contributed by atoms with E-state index < -0.39 is 10.0 Å². The van der Waals surface area contributed by atoms with Gasteiger partial charge in [0.25, 0.3) is 0 Å². The van der Waals surface area contributed by atoms with Crippen LogP contribution >= 0.6 is 11.6 Å². The van der Waals surface area contributed by atoms with Crippen molar-refractivity contribution in [3.05, 3.63) is 23.2 Å². The zero-order chi connectivity index (χ0) is 15.9. The Morgan fingerprint density at radius 1 is 1.24 bits per heavy atom. The summed E-state index contributed by atoms with van der Waals surface area (Å²) < 4.78 is 26.6. The van der Waals surface area contributed by atoms with Crippen molar-refractivity contribution < 1.29 is 13.5 Å². The molecule has 120 valence electrons. The number of nitrogens with two attached hydrogens (primary N) is 1. The van der Waals surface area contributed by atoms with Gasteiger partial charge in [-0.05, 0) is 18.6 Å².